The van der Waals surface area contributed by atoms with Crippen LogP contribution in [0.5, 0.6) is 0 Å². The number of aromatic nitrogens is 3. The number of hydrogen-bond donors (Lipinski definition) is 2. The first-order valence-electron chi connectivity index (χ1n) is 5.10. The van der Waals surface area contributed by atoms with Gasteiger partial charge in [-0.05, 0) is 28.5 Å². The summed E-state index contributed by atoms with van der Waals surface area (Å²) in [6.45, 7) is 0. The largest absolute Gasteiger partial charge is 0.351 e. The number of pyridine rings is 1. The van der Waals surface area contributed by atoms with Crippen LogP contribution < -0.4 is 10.9 Å². The molecule has 18 heavy (non-hydrogen) atoms. The molecule has 2 aromatic heterocycles. The molecule has 0 saturated carbocycles. The average molecular weight is 246 g/mol. The van der Waals surface area contributed by atoms with Gasteiger partial charge < -0.3 is 10.3 Å². The maximum Gasteiger partial charge on any atom is 0.273 e. The number of anilines is 2. The van der Waals surface area contributed by atoms with Crippen molar-refractivity contribution in [2.45, 2.75) is 0 Å². The molecule has 7 heteroatoms. The molecule has 0 aliphatic carbocycles. The highest BCUT2D eigenvalue weighted by Gasteiger charge is 2.07. The van der Waals surface area contributed by atoms with Gasteiger partial charge in [-0.15, -0.1) is 0 Å². The Balaban J connectivity index is 2.04. The van der Waals surface area contributed by atoms with Crippen molar-refractivity contribution in [1.82, 2.24) is 15.3 Å². The summed E-state index contributed by atoms with van der Waals surface area (Å²) in [5, 5.41) is 9.92. The van der Waals surface area contributed by atoms with Crippen LogP contribution in [0.25, 0.3) is 11.2 Å². The Kier molecular flexibility index (Phi) is 2.30. The number of nitrogens with one attached hydrogen (secondary N) is 2. The number of benzene rings is 1. The molecular weight excluding hydrogens is 239 g/mol. The first-order chi connectivity index (χ1) is 8.72. The third kappa shape index (κ3) is 1.81. The molecule has 90 valence electrons. The van der Waals surface area contributed by atoms with Crippen molar-refractivity contribution in [1.29, 1.82) is 0 Å². The molecule has 0 bridgehead atoms. The summed E-state index contributed by atoms with van der Waals surface area (Å²) < 4.78 is 17.5. The van der Waals surface area contributed by atoms with Gasteiger partial charge >= 0.3 is 0 Å². The summed E-state index contributed by atoms with van der Waals surface area (Å²) in [5.74, 6) is -0.388. The molecule has 0 spiro atoms. The number of aromatic amines is 1. The molecule has 0 saturated heterocycles. The van der Waals surface area contributed by atoms with Gasteiger partial charge in [-0.2, -0.15) is 0 Å². The van der Waals surface area contributed by atoms with E-state index in [1.807, 2.05) is 0 Å². The van der Waals surface area contributed by atoms with E-state index in [-0.39, 0.29) is 22.7 Å². The minimum atomic E-state index is -0.388. The first-order valence-corrected chi connectivity index (χ1v) is 5.10. The Morgan fingerprint density at radius 2 is 2.17 bits per heavy atom. The van der Waals surface area contributed by atoms with Crippen LogP contribution in [-0.4, -0.2) is 15.3 Å². The van der Waals surface area contributed by atoms with Gasteiger partial charge in [-0.1, -0.05) is 6.07 Å². The highest BCUT2D eigenvalue weighted by Crippen LogP contribution is 2.16. The molecule has 1 aromatic carbocycles. The molecule has 0 radical (unpaired) electrons. The molecule has 0 aliphatic rings. The van der Waals surface area contributed by atoms with Crippen molar-refractivity contribution in [3.05, 3.63) is 46.5 Å². The third-order valence-electron chi connectivity index (χ3n) is 2.38. The molecule has 6 nitrogen and oxygen atoms in total. The monoisotopic (exact) mass is 246 g/mol. The first kappa shape index (κ1) is 10.5. The lowest BCUT2D eigenvalue weighted by atomic mass is 10.3. The number of hydrogen-bond acceptors (Lipinski definition) is 5. The van der Waals surface area contributed by atoms with Crippen molar-refractivity contribution >= 4 is 22.5 Å². The predicted octanol–water partition coefficient (Wildman–Crippen LogP) is 1.79. The molecule has 0 amide bonds. The zero-order chi connectivity index (χ0) is 12.5. The van der Waals surface area contributed by atoms with E-state index in [4.69, 9.17) is 0 Å². The summed E-state index contributed by atoms with van der Waals surface area (Å²) in [5.41, 5.74) is 1.00. The van der Waals surface area contributed by atoms with Crippen LogP contribution in [0.15, 0.2) is 39.8 Å². The van der Waals surface area contributed by atoms with Crippen molar-refractivity contribution in [3.8, 4) is 0 Å². The SMILES string of the molecule is O=c1[nH]c2nonc2cc1Nc1cccc(F)c1. The normalized spacial score (nSPS) is 10.7. The van der Waals surface area contributed by atoms with Crippen molar-refractivity contribution in [2.75, 3.05) is 5.32 Å². The summed E-state index contributed by atoms with van der Waals surface area (Å²) in [6.07, 6.45) is 0. The van der Waals surface area contributed by atoms with Crippen LogP contribution in [0.2, 0.25) is 0 Å². The predicted molar refractivity (Wildman–Crippen MR) is 62.1 cm³/mol. The number of nitrogens with zero attached hydrogens (tertiary/aromatic N) is 2. The van der Waals surface area contributed by atoms with Gasteiger partial charge in [0.1, 0.15) is 11.5 Å². The molecule has 0 unspecified atom stereocenters. The fraction of sp³-hybridized carbons (Fsp3) is 0. The fourth-order valence-electron chi connectivity index (χ4n) is 1.57. The lowest BCUT2D eigenvalue weighted by Crippen LogP contribution is -2.11. The average Bonchev–Trinajstić information content (AvgIpc) is 2.76. The van der Waals surface area contributed by atoms with Crippen LogP contribution in [0.4, 0.5) is 15.8 Å². The van der Waals surface area contributed by atoms with E-state index in [1.54, 1.807) is 12.1 Å². The Morgan fingerprint density at radius 1 is 1.28 bits per heavy atom. The molecule has 3 rings (SSSR count). The molecular formula is C11H7FN4O2. The van der Waals surface area contributed by atoms with Crippen LogP contribution in [-0.2, 0) is 0 Å². The smallest absolute Gasteiger partial charge is 0.273 e. The number of halogens is 1. The van der Waals surface area contributed by atoms with Gasteiger partial charge in [-0.3, -0.25) is 4.79 Å². The zero-order valence-corrected chi connectivity index (χ0v) is 8.98. The van der Waals surface area contributed by atoms with E-state index in [2.05, 4.69) is 25.2 Å². The van der Waals surface area contributed by atoms with E-state index >= 15 is 0 Å². The van der Waals surface area contributed by atoms with Crippen molar-refractivity contribution < 1.29 is 9.02 Å². The molecule has 2 N–H and O–H groups in total. The minimum absolute atomic E-state index is 0.240. The Morgan fingerprint density at radius 3 is 3.00 bits per heavy atom. The second-order valence-corrected chi connectivity index (χ2v) is 3.65. The van der Waals surface area contributed by atoms with Crippen molar-refractivity contribution in [2.24, 2.45) is 0 Å². The van der Waals surface area contributed by atoms with Gasteiger partial charge in [-0.25, -0.2) is 9.02 Å². The van der Waals surface area contributed by atoms with Gasteiger partial charge in [0.15, 0.2) is 5.52 Å². The quantitative estimate of drug-likeness (QED) is 0.720. The van der Waals surface area contributed by atoms with E-state index in [0.717, 1.165) is 0 Å². The van der Waals surface area contributed by atoms with E-state index in [9.17, 15) is 9.18 Å². The lowest BCUT2D eigenvalue weighted by molar-refractivity contribution is 0.314. The van der Waals surface area contributed by atoms with Gasteiger partial charge in [0, 0.05) is 11.8 Å². The van der Waals surface area contributed by atoms with Crippen molar-refractivity contribution in [3.63, 3.8) is 0 Å². The van der Waals surface area contributed by atoms with Gasteiger partial charge in [0.05, 0.1) is 0 Å². The second kappa shape index (κ2) is 3.95. The summed E-state index contributed by atoms with van der Waals surface area (Å²) >= 11 is 0. The highest BCUT2D eigenvalue weighted by molar-refractivity contribution is 5.74. The number of fused-ring (bicyclic) bond motifs is 1. The number of rotatable bonds is 2. The number of H-pyrrole nitrogens is 1. The van der Waals surface area contributed by atoms with E-state index < -0.39 is 0 Å². The molecule has 2 heterocycles. The Hall–Kier alpha value is -2.70. The maximum atomic E-state index is 13.0. The Bertz CT molecular complexity index is 765. The standard InChI is InChI=1S/C11H7FN4O2/c12-6-2-1-3-7(4-6)13-9-5-8-10(14-11(9)17)16-18-15-8/h1-5,13H,(H,14,16,17). The minimum Gasteiger partial charge on any atom is -0.351 e. The van der Waals surface area contributed by atoms with E-state index in [1.165, 1.54) is 18.2 Å². The van der Waals surface area contributed by atoms with E-state index in [0.29, 0.717) is 11.2 Å². The topological polar surface area (TPSA) is 83.8 Å². The molecule has 0 aliphatic heterocycles. The molecule has 0 fully saturated rings. The summed E-state index contributed by atoms with van der Waals surface area (Å²) in [4.78, 5) is 14.2. The highest BCUT2D eigenvalue weighted by atomic mass is 19.1. The van der Waals surface area contributed by atoms with Crippen LogP contribution in [0.3, 0.4) is 0 Å². The van der Waals surface area contributed by atoms with Crippen LogP contribution in [0, 0.1) is 5.82 Å². The molecule has 3 aromatic rings. The Labute approximate surface area is 99.4 Å². The van der Waals surface area contributed by atoms with Crippen LogP contribution in [0.1, 0.15) is 0 Å². The lowest BCUT2D eigenvalue weighted by Gasteiger charge is -2.04. The second-order valence-electron chi connectivity index (χ2n) is 3.65. The fourth-order valence-corrected chi connectivity index (χ4v) is 1.57. The summed E-state index contributed by atoms with van der Waals surface area (Å²) in [6, 6.07) is 7.27. The summed E-state index contributed by atoms with van der Waals surface area (Å²) in [7, 11) is 0. The van der Waals surface area contributed by atoms with Crippen LogP contribution >= 0.6 is 0 Å². The third-order valence-corrected chi connectivity index (χ3v) is 2.38. The zero-order valence-electron chi connectivity index (χ0n) is 8.98. The van der Waals surface area contributed by atoms with Gasteiger partial charge in [0.2, 0.25) is 5.65 Å². The van der Waals surface area contributed by atoms with Gasteiger partial charge in [0.25, 0.3) is 5.56 Å². The maximum absolute atomic E-state index is 13.0. The molecule has 0 atom stereocenters.